The number of carbonyl (C=O) groups is 1. The molecule has 4 rings (SSSR count). The van der Waals surface area contributed by atoms with Gasteiger partial charge in [0.05, 0.1) is 17.1 Å². The number of fused-ring (bicyclic) bond motifs is 1. The number of hydrogen-bond donors (Lipinski definition) is 1. The molecule has 0 radical (unpaired) electrons. The summed E-state index contributed by atoms with van der Waals surface area (Å²) in [5, 5.41) is 0. The molecule has 6 nitrogen and oxygen atoms in total. The van der Waals surface area contributed by atoms with E-state index in [0.29, 0.717) is 29.2 Å². The van der Waals surface area contributed by atoms with Crippen LogP contribution in [-0.4, -0.2) is 28.0 Å². The van der Waals surface area contributed by atoms with Crippen LogP contribution < -0.4 is 9.47 Å². The number of nitrogens with zero attached hydrogens (tertiary/aromatic N) is 2. The maximum atomic E-state index is 11.1. The van der Waals surface area contributed by atoms with Crippen molar-refractivity contribution in [3.05, 3.63) is 47.9 Å². The molecule has 0 saturated carbocycles. The first-order chi connectivity index (χ1) is 11.2. The molecule has 23 heavy (non-hydrogen) atoms. The van der Waals surface area contributed by atoms with E-state index in [2.05, 4.69) is 15.0 Å². The molecular formula is C17H13N3O3. The molecule has 2 aromatic heterocycles. The van der Waals surface area contributed by atoms with Crippen molar-refractivity contribution in [2.75, 3.05) is 6.79 Å². The van der Waals surface area contributed by atoms with Crippen molar-refractivity contribution in [2.24, 2.45) is 0 Å². The summed E-state index contributed by atoms with van der Waals surface area (Å²) in [6, 6.07) is 11.3. The lowest BCUT2D eigenvalue weighted by Crippen LogP contribution is -1.92. The molecular weight excluding hydrogens is 294 g/mol. The molecule has 0 saturated heterocycles. The first-order valence-corrected chi connectivity index (χ1v) is 7.14. The van der Waals surface area contributed by atoms with E-state index >= 15 is 0 Å². The number of aromatic nitrogens is 3. The molecule has 3 heterocycles. The van der Waals surface area contributed by atoms with Crippen molar-refractivity contribution >= 4 is 6.29 Å². The van der Waals surface area contributed by atoms with Crippen LogP contribution in [-0.2, 0) is 0 Å². The number of hydrogen-bond acceptors (Lipinski definition) is 5. The van der Waals surface area contributed by atoms with Crippen molar-refractivity contribution < 1.29 is 14.3 Å². The number of pyridine rings is 1. The minimum atomic E-state index is 0.214. The van der Waals surface area contributed by atoms with Crippen molar-refractivity contribution in [2.45, 2.75) is 6.92 Å². The summed E-state index contributed by atoms with van der Waals surface area (Å²) in [5.74, 6) is 1.63. The number of benzene rings is 1. The zero-order valence-electron chi connectivity index (χ0n) is 12.4. The summed E-state index contributed by atoms with van der Waals surface area (Å²) in [4.78, 5) is 23.0. The van der Waals surface area contributed by atoms with Gasteiger partial charge < -0.3 is 14.5 Å². The fourth-order valence-corrected chi connectivity index (χ4v) is 2.57. The van der Waals surface area contributed by atoms with E-state index < -0.39 is 0 Å². The zero-order valence-corrected chi connectivity index (χ0v) is 12.4. The minimum Gasteiger partial charge on any atom is -0.454 e. The maximum absolute atomic E-state index is 11.1. The number of aryl methyl sites for hydroxylation is 1. The Balaban J connectivity index is 1.88. The van der Waals surface area contributed by atoms with E-state index in [1.165, 1.54) is 0 Å². The number of aldehydes is 1. The van der Waals surface area contributed by atoms with E-state index in [-0.39, 0.29) is 12.6 Å². The Morgan fingerprint density at radius 2 is 2.00 bits per heavy atom. The highest BCUT2D eigenvalue weighted by atomic mass is 16.7. The van der Waals surface area contributed by atoms with Gasteiger partial charge in [-0.3, -0.25) is 9.78 Å². The highest BCUT2D eigenvalue weighted by Crippen LogP contribution is 2.37. The smallest absolute Gasteiger partial charge is 0.231 e. The van der Waals surface area contributed by atoms with Crippen LogP contribution in [0.25, 0.3) is 22.6 Å². The van der Waals surface area contributed by atoms with Gasteiger partial charge in [0.2, 0.25) is 6.79 Å². The lowest BCUT2D eigenvalue weighted by molar-refractivity contribution is 0.111. The molecule has 1 N–H and O–H groups in total. The third-order valence-electron chi connectivity index (χ3n) is 3.62. The Labute approximate surface area is 132 Å². The van der Waals surface area contributed by atoms with Crippen molar-refractivity contribution in [3.8, 4) is 34.1 Å². The first kappa shape index (κ1) is 13.5. The standard InChI is InChI=1S/C17H13N3O3/c1-10-3-2-4-12(18-10)17-16(19-15(8-21)20-17)11-5-6-13-14(7-11)23-9-22-13/h2-8H,9H2,1H3,(H,19,20). The number of ether oxygens (including phenoxy) is 2. The van der Waals surface area contributed by atoms with Crippen LogP contribution >= 0.6 is 0 Å². The minimum absolute atomic E-state index is 0.214. The largest absolute Gasteiger partial charge is 0.454 e. The van der Waals surface area contributed by atoms with Crippen LogP contribution in [0.4, 0.5) is 0 Å². The van der Waals surface area contributed by atoms with Crippen LogP contribution in [0.15, 0.2) is 36.4 Å². The quantitative estimate of drug-likeness (QED) is 0.753. The van der Waals surface area contributed by atoms with Gasteiger partial charge in [-0.05, 0) is 37.3 Å². The number of H-pyrrole nitrogens is 1. The Bertz CT molecular complexity index is 902. The molecule has 0 spiro atoms. The summed E-state index contributed by atoms with van der Waals surface area (Å²) in [6.07, 6.45) is 0.690. The van der Waals surface area contributed by atoms with Gasteiger partial charge in [0.1, 0.15) is 0 Å². The predicted molar refractivity (Wildman–Crippen MR) is 83.5 cm³/mol. The molecule has 0 amide bonds. The van der Waals surface area contributed by atoms with Gasteiger partial charge >= 0.3 is 0 Å². The second-order valence-corrected chi connectivity index (χ2v) is 5.20. The Hall–Kier alpha value is -3.15. The molecule has 0 atom stereocenters. The van der Waals surface area contributed by atoms with E-state index in [1.807, 2.05) is 43.3 Å². The fourth-order valence-electron chi connectivity index (χ4n) is 2.57. The number of carbonyl (C=O) groups excluding carboxylic acids is 1. The molecule has 3 aromatic rings. The van der Waals surface area contributed by atoms with Crippen LogP contribution in [0.2, 0.25) is 0 Å². The molecule has 0 bridgehead atoms. The Morgan fingerprint density at radius 1 is 1.13 bits per heavy atom. The van der Waals surface area contributed by atoms with Gasteiger partial charge in [-0.25, -0.2) is 4.98 Å². The Morgan fingerprint density at radius 3 is 2.83 bits per heavy atom. The number of nitrogens with one attached hydrogen (secondary N) is 1. The second kappa shape index (κ2) is 5.24. The van der Waals surface area contributed by atoms with Gasteiger partial charge in [-0.2, -0.15) is 0 Å². The van der Waals surface area contributed by atoms with E-state index in [9.17, 15) is 4.79 Å². The van der Waals surface area contributed by atoms with E-state index in [4.69, 9.17) is 9.47 Å². The molecule has 6 heteroatoms. The molecule has 0 unspecified atom stereocenters. The lowest BCUT2D eigenvalue weighted by Gasteiger charge is -2.04. The molecule has 114 valence electrons. The normalized spacial score (nSPS) is 12.4. The van der Waals surface area contributed by atoms with Crippen molar-refractivity contribution in [3.63, 3.8) is 0 Å². The molecule has 1 aromatic carbocycles. The topological polar surface area (TPSA) is 77.1 Å². The summed E-state index contributed by atoms with van der Waals surface area (Å²) in [7, 11) is 0. The SMILES string of the molecule is Cc1cccc(-c2[nH]c(C=O)nc2-c2ccc3c(c2)OCO3)n1. The highest BCUT2D eigenvalue weighted by molar-refractivity contribution is 5.82. The monoisotopic (exact) mass is 307 g/mol. The zero-order chi connectivity index (χ0) is 15.8. The van der Waals surface area contributed by atoms with Gasteiger partial charge in [0.25, 0.3) is 0 Å². The average Bonchev–Trinajstić information content (AvgIpc) is 3.20. The molecule has 0 fully saturated rings. The van der Waals surface area contributed by atoms with Crippen LogP contribution in [0.1, 0.15) is 16.3 Å². The lowest BCUT2D eigenvalue weighted by atomic mass is 10.1. The summed E-state index contributed by atoms with van der Waals surface area (Å²) in [5.41, 5.74) is 3.81. The Kier molecular flexibility index (Phi) is 3.08. The summed E-state index contributed by atoms with van der Waals surface area (Å²) >= 11 is 0. The number of aromatic amines is 1. The van der Waals surface area contributed by atoms with Crippen LogP contribution in [0, 0.1) is 6.92 Å². The van der Waals surface area contributed by atoms with Gasteiger partial charge in [-0.1, -0.05) is 6.07 Å². The molecule has 1 aliphatic heterocycles. The second-order valence-electron chi connectivity index (χ2n) is 5.20. The number of imidazole rings is 1. The van der Waals surface area contributed by atoms with Gasteiger partial charge in [0, 0.05) is 11.3 Å². The first-order valence-electron chi connectivity index (χ1n) is 7.14. The average molecular weight is 307 g/mol. The third-order valence-corrected chi connectivity index (χ3v) is 3.62. The fraction of sp³-hybridized carbons (Fsp3) is 0.118. The van der Waals surface area contributed by atoms with E-state index in [1.54, 1.807) is 0 Å². The summed E-state index contributed by atoms with van der Waals surface area (Å²) < 4.78 is 10.7. The summed E-state index contributed by atoms with van der Waals surface area (Å²) in [6.45, 7) is 2.13. The maximum Gasteiger partial charge on any atom is 0.231 e. The van der Waals surface area contributed by atoms with Gasteiger partial charge in [-0.15, -0.1) is 0 Å². The van der Waals surface area contributed by atoms with Crippen molar-refractivity contribution in [1.82, 2.24) is 15.0 Å². The van der Waals surface area contributed by atoms with Gasteiger partial charge in [0.15, 0.2) is 23.6 Å². The third kappa shape index (κ3) is 2.34. The van der Waals surface area contributed by atoms with Crippen molar-refractivity contribution in [1.29, 1.82) is 0 Å². The molecule has 0 aliphatic carbocycles. The number of rotatable bonds is 3. The highest BCUT2D eigenvalue weighted by Gasteiger charge is 2.19. The predicted octanol–water partition coefficient (Wildman–Crippen LogP) is 2.99. The molecule has 1 aliphatic rings. The van der Waals surface area contributed by atoms with Crippen LogP contribution in [0.3, 0.4) is 0 Å². The van der Waals surface area contributed by atoms with E-state index in [0.717, 1.165) is 17.0 Å². The van der Waals surface area contributed by atoms with Crippen LogP contribution in [0.5, 0.6) is 11.5 Å².